The molecule has 1 aromatic heterocycles. The summed E-state index contributed by atoms with van der Waals surface area (Å²) in [7, 11) is 3.40. The van der Waals surface area contributed by atoms with Crippen molar-refractivity contribution in [3.05, 3.63) is 78.4 Å². The second kappa shape index (κ2) is 9.28. The van der Waals surface area contributed by atoms with Crippen molar-refractivity contribution in [3.8, 4) is 17.1 Å². The molecule has 5 heteroatoms. The summed E-state index contributed by atoms with van der Waals surface area (Å²) in [6, 6.07) is 23.9. The lowest BCUT2D eigenvalue weighted by Gasteiger charge is -2.34. The lowest BCUT2D eigenvalue weighted by molar-refractivity contribution is 0.101. The Labute approximate surface area is 188 Å². The molecule has 4 rings (SSSR count). The van der Waals surface area contributed by atoms with Crippen molar-refractivity contribution in [2.45, 2.75) is 26.0 Å². The van der Waals surface area contributed by atoms with Crippen LogP contribution in [0.3, 0.4) is 0 Å². The van der Waals surface area contributed by atoms with Gasteiger partial charge in [-0.2, -0.15) is 0 Å². The molecule has 0 radical (unpaired) electrons. The van der Waals surface area contributed by atoms with Gasteiger partial charge in [0.1, 0.15) is 23.4 Å². The highest BCUT2D eigenvalue weighted by atomic mass is 16.5. The van der Waals surface area contributed by atoms with Crippen molar-refractivity contribution in [1.82, 2.24) is 0 Å². The largest absolute Gasteiger partial charge is 0.497 e. The number of rotatable bonds is 8. The molecule has 0 aliphatic carbocycles. The van der Waals surface area contributed by atoms with Gasteiger partial charge in [-0.1, -0.05) is 12.1 Å². The predicted molar refractivity (Wildman–Crippen MR) is 128 cm³/mol. The predicted octanol–water partition coefficient (Wildman–Crippen LogP) is 6.48. The van der Waals surface area contributed by atoms with Gasteiger partial charge in [-0.3, -0.25) is 4.79 Å². The molecule has 0 saturated heterocycles. The Morgan fingerprint density at radius 3 is 2.12 bits per heavy atom. The summed E-state index contributed by atoms with van der Waals surface area (Å²) >= 11 is 0. The van der Waals surface area contributed by atoms with Crippen LogP contribution in [0.25, 0.3) is 22.3 Å². The van der Waals surface area contributed by atoms with Crippen LogP contribution < -0.4 is 9.64 Å². The average molecular weight is 430 g/mol. The van der Waals surface area contributed by atoms with E-state index in [0.29, 0.717) is 11.1 Å². The normalized spacial score (nSPS) is 13.0. The highest BCUT2D eigenvalue weighted by Crippen LogP contribution is 2.34. The second-order valence-electron chi connectivity index (χ2n) is 7.82. The first-order valence-electron chi connectivity index (χ1n) is 10.6. The Morgan fingerprint density at radius 1 is 0.875 bits per heavy atom. The van der Waals surface area contributed by atoms with Gasteiger partial charge in [0.25, 0.3) is 0 Å². The Morgan fingerprint density at radius 2 is 1.53 bits per heavy atom. The molecule has 0 amide bonds. The Balaban J connectivity index is 1.68. The molecular weight excluding hydrogens is 402 g/mol. The smallest absolute Gasteiger partial charge is 0.150 e. The number of carbonyl (C=O) groups excluding carboxylic acids is 1. The van der Waals surface area contributed by atoms with Crippen LogP contribution in [0.4, 0.5) is 11.4 Å². The minimum absolute atomic E-state index is 0.0270. The molecule has 0 bridgehead atoms. The van der Waals surface area contributed by atoms with Crippen LogP contribution in [0.1, 0.15) is 24.2 Å². The van der Waals surface area contributed by atoms with Crippen molar-refractivity contribution in [3.63, 3.8) is 0 Å². The third-order valence-corrected chi connectivity index (χ3v) is 5.92. The summed E-state index contributed by atoms with van der Waals surface area (Å²) in [5.74, 6) is 1.59. The third kappa shape index (κ3) is 4.25. The average Bonchev–Trinajstić information content (AvgIpc) is 3.27. The maximum atomic E-state index is 11.0. The number of hydrogen-bond acceptors (Lipinski definition) is 5. The van der Waals surface area contributed by atoms with Crippen LogP contribution >= 0.6 is 0 Å². The maximum absolute atomic E-state index is 11.0. The first kappa shape index (κ1) is 21.7. The van der Waals surface area contributed by atoms with E-state index in [0.717, 1.165) is 40.1 Å². The number of nitrogens with zero attached hydrogens (tertiary/aromatic N) is 1. The van der Waals surface area contributed by atoms with Crippen molar-refractivity contribution in [2.24, 2.45) is 0 Å². The Kier molecular flexibility index (Phi) is 6.28. The van der Waals surface area contributed by atoms with Crippen LogP contribution in [0.5, 0.6) is 5.75 Å². The monoisotopic (exact) mass is 429 g/mol. The molecule has 0 spiro atoms. The van der Waals surface area contributed by atoms with Crippen LogP contribution in [-0.2, 0) is 4.74 Å². The summed E-state index contributed by atoms with van der Waals surface area (Å²) < 4.78 is 16.9. The van der Waals surface area contributed by atoms with Crippen molar-refractivity contribution >= 4 is 28.6 Å². The van der Waals surface area contributed by atoms with E-state index in [4.69, 9.17) is 13.9 Å². The molecule has 0 aliphatic rings. The van der Waals surface area contributed by atoms with Gasteiger partial charge in [0.05, 0.1) is 19.3 Å². The molecule has 3 aromatic carbocycles. The summed E-state index contributed by atoms with van der Waals surface area (Å²) in [4.78, 5) is 13.3. The molecule has 0 N–H and O–H groups in total. The highest BCUT2D eigenvalue weighted by Gasteiger charge is 2.22. The van der Waals surface area contributed by atoms with E-state index >= 15 is 0 Å². The van der Waals surface area contributed by atoms with Crippen molar-refractivity contribution < 1.29 is 18.7 Å². The van der Waals surface area contributed by atoms with Gasteiger partial charge >= 0.3 is 0 Å². The summed E-state index contributed by atoms with van der Waals surface area (Å²) in [5, 5.41) is 0.970. The van der Waals surface area contributed by atoms with E-state index in [1.165, 1.54) is 0 Å². The number of fused-ring (bicyclic) bond motifs is 1. The SMILES string of the molecule is COc1ccc(N(c2ccc(-c3cc4ccc(C=O)cc4o3)cc2)C(C)[C@@H](C)OC)cc1. The van der Waals surface area contributed by atoms with E-state index in [1.807, 2.05) is 36.4 Å². The standard InChI is InChI=1S/C27H27NO4/c1-18(19(2)30-3)28(24-11-13-25(31-4)14-12-24)23-9-7-21(8-10-23)27-16-22-6-5-20(17-29)15-26(22)32-27/h5-19H,1-4H3/t18?,19-/m1/s1. The molecule has 32 heavy (non-hydrogen) atoms. The molecule has 0 saturated carbocycles. The molecular formula is C27H27NO4. The minimum atomic E-state index is 0.0270. The van der Waals surface area contributed by atoms with Crippen LogP contribution in [-0.4, -0.2) is 32.7 Å². The Bertz CT molecular complexity index is 1190. The summed E-state index contributed by atoms with van der Waals surface area (Å²) in [6.07, 6.45) is 0.853. The number of ether oxygens (including phenoxy) is 2. The van der Waals surface area contributed by atoms with Gasteiger partial charge in [0.2, 0.25) is 0 Å². The molecule has 5 nitrogen and oxygen atoms in total. The number of anilines is 2. The third-order valence-electron chi connectivity index (χ3n) is 5.92. The van der Waals surface area contributed by atoms with Crippen LogP contribution in [0, 0.1) is 0 Å². The number of benzene rings is 3. The lowest BCUT2D eigenvalue weighted by Crippen LogP contribution is -2.38. The van der Waals surface area contributed by atoms with E-state index < -0.39 is 0 Å². The molecule has 0 aliphatic heterocycles. The van der Waals surface area contributed by atoms with Gasteiger partial charge < -0.3 is 18.8 Å². The topological polar surface area (TPSA) is 51.9 Å². The minimum Gasteiger partial charge on any atom is -0.497 e. The van der Waals surface area contributed by atoms with E-state index in [9.17, 15) is 4.79 Å². The fourth-order valence-corrected chi connectivity index (χ4v) is 3.82. The van der Waals surface area contributed by atoms with Crippen molar-refractivity contribution in [2.75, 3.05) is 19.1 Å². The summed E-state index contributed by atoms with van der Waals surface area (Å²) in [5.41, 5.74) is 4.38. The lowest BCUT2D eigenvalue weighted by atomic mass is 10.1. The maximum Gasteiger partial charge on any atom is 0.150 e. The molecule has 2 atom stereocenters. The zero-order valence-electron chi connectivity index (χ0n) is 18.7. The van der Waals surface area contributed by atoms with Crippen LogP contribution in [0.15, 0.2) is 77.2 Å². The van der Waals surface area contributed by atoms with Gasteiger partial charge in [-0.05, 0) is 74.5 Å². The fraction of sp³-hybridized carbons (Fsp3) is 0.222. The number of carbonyl (C=O) groups is 1. The van der Waals surface area contributed by atoms with Gasteiger partial charge in [-0.15, -0.1) is 0 Å². The molecule has 0 fully saturated rings. The van der Waals surface area contributed by atoms with E-state index in [1.54, 1.807) is 26.4 Å². The Hall–Kier alpha value is -3.57. The molecule has 1 unspecified atom stereocenters. The zero-order valence-corrected chi connectivity index (χ0v) is 18.7. The molecule has 1 heterocycles. The molecule has 164 valence electrons. The quantitative estimate of drug-likeness (QED) is 0.300. The number of hydrogen-bond donors (Lipinski definition) is 0. The van der Waals surface area contributed by atoms with Gasteiger partial charge in [-0.25, -0.2) is 0 Å². The second-order valence-corrected chi connectivity index (χ2v) is 7.82. The molecule has 4 aromatic rings. The number of aldehydes is 1. The van der Waals surface area contributed by atoms with Gasteiger partial charge in [0, 0.05) is 35.0 Å². The van der Waals surface area contributed by atoms with Crippen LogP contribution in [0.2, 0.25) is 0 Å². The van der Waals surface area contributed by atoms with E-state index in [-0.39, 0.29) is 12.1 Å². The van der Waals surface area contributed by atoms with Crippen molar-refractivity contribution in [1.29, 1.82) is 0 Å². The highest BCUT2D eigenvalue weighted by molar-refractivity contribution is 5.88. The number of furan rings is 1. The number of methoxy groups -OCH3 is 2. The zero-order chi connectivity index (χ0) is 22.7. The first-order valence-corrected chi connectivity index (χ1v) is 10.6. The first-order chi connectivity index (χ1) is 15.5. The van der Waals surface area contributed by atoms with Gasteiger partial charge in [0.15, 0.2) is 0 Å². The summed E-state index contributed by atoms with van der Waals surface area (Å²) in [6.45, 7) is 4.22. The fourth-order valence-electron chi connectivity index (χ4n) is 3.82. The van der Waals surface area contributed by atoms with E-state index in [2.05, 4.69) is 43.0 Å².